The highest BCUT2D eigenvalue weighted by Crippen LogP contribution is 2.31. The Bertz CT molecular complexity index is 976. The van der Waals surface area contributed by atoms with E-state index >= 15 is 0 Å². The number of carbonyl (C=O) groups excluding carboxylic acids is 1. The van der Waals surface area contributed by atoms with Crippen molar-refractivity contribution in [1.29, 1.82) is 0 Å². The average molecular weight is 394 g/mol. The van der Waals surface area contributed by atoms with E-state index in [1.165, 1.54) is 11.1 Å². The van der Waals surface area contributed by atoms with Gasteiger partial charge in [0, 0.05) is 23.7 Å². The molecule has 0 spiro atoms. The number of thioether (sulfide) groups is 1. The number of ether oxygens (including phenoxy) is 2. The Labute approximate surface area is 169 Å². The summed E-state index contributed by atoms with van der Waals surface area (Å²) >= 11 is 1.55. The molecule has 6 heteroatoms. The van der Waals surface area contributed by atoms with Crippen LogP contribution in [-0.2, 0) is 5.75 Å². The number of carbonyl (C=O) groups is 1. The molecule has 0 unspecified atom stereocenters. The molecule has 1 aromatic heterocycles. The molecule has 0 fully saturated rings. The van der Waals surface area contributed by atoms with Gasteiger partial charge in [0.15, 0.2) is 11.5 Å². The van der Waals surface area contributed by atoms with Crippen molar-refractivity contribution in [3.05, 3.63) is 77.5 Å². The fraction of sp³-hybridized carbons (Fsp3) is 0.182. The highest BCUT2D eigenvalue weighted by Gasteiger charge is 2.14. The number of pyridine rings is 1. The summed E-state index contributed by atoms with van der Waals surface area (Å²) in [5, 5.41) is 3.60. The normalized spacial score (nSPS) is 10.4. The molecule has 2 aromatic carbocycles. The van der Waals surface area contributed by atoms with Crippen LogP contribution in [-0.4, -0.2) is 25.1 Å². The van der Waals surface area contributed by atoms with Gasteiger partial charge in [-0.15, -0.1) is 11.8 Å². The van der Waals surface area contributed by atoms with Gasteiger partial charge in [0.25, 0.3) is 5.91 Å². The molecule has 0 bridgehead atoms. The molecule has 0 saturated heterocycles. The van der Waals surface area contributed by atoms with Gasteiger partial charge in [-0.2, -0.15) is 0 Å². The summed E-state index contributed by atoms with van der Waals surface area (Å²) in [7, 11) is 3.13. The molecule has 3 rings (SSSR count). The van der Waals surface area contributed by atoms with E-state index in [4.69, 9.17) is 9.47 Å². The van der Waals surface area contributed by atoms with Crippen molar-refractivity contribution in [3.8, 4) is 11.5 Å². The fourth-order valence-electron chi connectivity index (χ4n) is 2.71. The van der Waals surface area contributed by atoms with Crippen LogP contribution < -0.4 is 14.8 Å². The molecule has 1 heterocycles. The first-order valence-electron chi connectivity index (χ1n) is 8.78. The van der Waals surface area contributed by atoms with Crippen LogP contribution in [0.5, 0.6) is 11.5 Å². The lowest BCUT2D eigenvalue weighted by Gasteiger charge is -2.12. The summed E-state index contributed by atoms with van der Waals surface area (Å²) < 4.78 is 10.5. The third-order valence-electron chi connectivity index (χ3n) is 4.28. The summed E-state index contributed by atoms with van der Waals surface area (Å²) in [6.07, 6.45) is 1.70. The Hall–Kier alpha value is -2.99. The molecule has 0 aliphatic rings. The number of benzene rings is 2. The van der Waals surface area contributed by atoms with Crippen LogP contribution in [0.25, 0.3) is 0 Å². The fourth-order valence-corrected chi connectivity index (χ4v) is 3.78. The van der Waals surface area contributed by atoms with E-state index in [-0.39, 0.29) is 5.91 Å². The SMILES string of the molecule is COc1ccc(NC(=O)c2cccnc2SCc2ccccc2C)cc1OC. The maximum Gasteiger partial charge on any atom is 0.258 e. The molecular formula is C22H22N2O3S. The minimum atomic E-state index is -0.215. The van der Waals surface area contributed by atoms with Crippen LogP contribution in [0.4, 0.5) is 5.69 Å². The quantitative estimate of drug-likeness (QED) is 0.575. The molecule has 28 heavy (non-hydrogen) atoms. The molecule has 1 N–H and O–H groups in total. The van der Waals surface area contributed by atoms with Gasteiger partial charge in [0.1, 0.15) is 5.03 Å². The topological polar surface area (TPSA) is 60.5 Å². The standard InChI is InChI=1S/C22H22N2O3S/c1-15-7-4-5-8-16(15)14-28-22-18(9-6-12-23-22)21(25)24-17-10-11-19(26-2)20(13-17)27-3/h4-13H,14H2,1-3H3,(H,24,25). The lowest BCUT2D eigenvalue weighted by atomic mass is 10.1. The summed E-state index contributed by atoms with van der Waals surface area (Å²) in [4.78, 5) is 17.2. The summed E-state index contributed by atoms with van der Waals surface area (Å²) in [5.74, 6) is 1.70. The van der Waals surface area contributed by atoms with E-state index in [2.05, 4.69) is 29.4 Å². The molecule has 0 radical (unpaired) electrons. The molecule has 0 atom stereocenters. The second-order valence-corrected chi connectivity index (χ2v) is 7.06. The van der Waals surface area contributed by atoms with Crippen molar-refractivity contribution < 1.29 is 14.3 Å². The van der Waals surface area contributed by atoms with Crippen molar-refractivity contribution >= 4 is 23.4 Å². The Morgan fingerprint density at radius 3 is 2.57 bits per heavy atom. The summed E-state index contributed by atoms with van der Waals surface area (Å²) in [6.45, 7) is 2.08. The molecule has 0 aliphatic heterocycles. The van der Waals surface area contributed by atoms with Crippen LogP contribution in [0.3, 0.4) is 0 Å². The first-order chi connectivity index (χ1) is 13.6. The molecule has 5 nitrogen and oxygen atoms in total. The first kappa shape index (κ1) is 19.8. The van der Waals surface area contributed by atoms with Crippen LogP contribution in [0.15, 0.2) is 65.8 Å². The van der Waals surface area contributed by atoms with Gasteiger partial charge in [-0.1, -0.05) is 24.3 Å². The lowest BCUT2D eigenvalue weighted by Crippen LogP contribution is -2.13. The molecular weight excluding hydrogens is 372 g/mol. The third kappa shape index (κ3) is 4.64. The van der Waals surface area contributed by atoms with E-state index in [9.17, 15) is 4.79 Å². The summed E-state index contributed by atoms with van der Waals surface area (Å²) in [5.41, 5.74) is 3.61. The zero-order chi connectivity index (χ0) is 19.9. The number of rotatable bonds is 7. The zero-order valence-electron chi connectivity index (χ0n) is 16.1. The lowest BCUT2D eigenvalue weighted by molar-refractivity contribution is 0.102. The van der Waals surface area contributed by atoms with Gasteiger partial charge in [0.2, 0.25) is 0 Å². The third-order valence-corrected chi connectivity index (χ3v) is 5.34. The maximum absolute atomic E-state index is 12.8. The van der Waals surface area contributed by atoms with Crippen LogP contribution in [0, 0.1) is 6.92 Å². The minimum Gasteiger partial charge on any atom is -0.493 e. The Kier molecular flexibility index (Phi) is 6.55. The second kappa shape index (κ2) is 9.28. The number of hydrogen-bond donors (Lipinski definition) is 1. The molecule has 0 saturated carbocycles. The van der Waals surface area contributed by atoms with Gasteiger partial charge in [-0.05, 0) is 42.3 Å². The zero-order valence-corrected chi connectivity index (χ0v) is 16.9. The van der Waals surface area contributed by atoms with Gasteiger partial charge in [0.05, 0.1) is 19.8 Å². The number of nitrogens with zero attached hydrogens (tertiary/aromatic N) is 1. The first-order valence-corrected chi connectivity index (χ1v) is 9.76. The highest BCUT2D eigenvalue weighted by molar-refractivity contribution is 7.98. The second-order valence-electron chi connectivity index (χ2n) is 6.10. The monoisotopic (exact) mass is 394 g/mol. The van der Waals surface area contributed by atoms with E-state index in [1.807, 2.05) is 12.1 Å². The molecule has 3 aromatic rings. The maximum atomic E-state index is 12.8. The molecule has 0 aliphatic carbocycles. The predicted octanol–water partition coefficient (Wildman–Crippen LogP) is 4.95. The number of nitrogens with one attached hydrogen (secondary N) is 1. The minimum absolute atomic E-state index is 0.215. The van der Waals surface area contributed by atoms with E-state index in [0.29, 0.717) is 27.8 Å². The number of aromatic nitrogens is 1. The molecule has 144 valence electrons. The van der Waals surface area contributed by atoms with Crippen LogP contribution in [0.2, 0.25) is 0 Å². The van der Waals surface area contributed by atoms with E-state index < -0.39 is 0 Å². The van der Waals surface area contributed by atoms with Crippen molar-refractivity contribution in [2.24, 2.45) is 0 Å². The number of aryl methyl sites for hydroxylation is 1. The predicted molar refractivity (Wildman–Crippen MR) is 112 cm³/mol. The van der Waals surface area contributed by atoms with Crippen molar-refractivity contribution in [3.63, 3.8) is 0 Å². The van der Waals surface area contributed by atoms with E-state index in [0.717, 1.165) is 5.75 Å². The van der Waals surface area contributed by atoms with Crippen molar-refractivity contribution in [2.45, 2.75) is 17.7 Å². The van der Waals surface area contributed by atoms with Gasteiger partial charge in [-0.3, -0.25) is 4.79 Å². The van der Waals surface area contributed by atoms with Crippen molar-refractivity contribution in [1.82, 2.24) is 4.98 Å². The Morgan fingerprint density at radius 2 is 1.82 bits per heavy atom. The van der Waals surface area contributed by atoms with E-state index in [1.54, 1.807) is 62.5 Å². The van der Waals surface area contributed by atoms with Crippen LogP contribution in [0.1, 0.15) is 21.5 Å². The van der Waals surface area contributed by atoms with Crippen LogP contribution >= 0.6 is 11.8 Å². The Balaban J connectivity index is 1.76. The largest absolute Gasteiger partial charge is 0.493 e. The Morgan fingerprint density at radius 1 is 1.04 bits per heavy atom. The number of anilines is 1. The summed E-state index contributed by atoms with van der Waals surface area (Å²) in [6, 6.07) is 17.0. The van der Waals surface area contributed by atoms with Gasteiger partial charge >= 0.3 is 0 Å². The number of amides is 1. The van der Waals surface area contributed by atoms with Gasteiger partial charge in [-0.25, -0.2) is 4.98 Å². The van der Waals surface area contributed by atoms with Gasteiger partial charge < -0.3 is 14.8 Å². The highest BCUT2D eigenvalue weighted by atomic mass is 32.2. The van der Waals surface area contributed by atoms with Crippen molar-refractivity contribution in [2.75, 3.05) is 19.5 Å². The number of methoxy groups -OCH3 is 2. The average Bonchev–Trinajstić information content (AvgIpc) is 2.73. The smallest absolute Gasteiger partial charge is 0.258 e. The number of hydrogen-bond acceptors (Lipinski definition) is 5. The molecule has 1 amide bonds.